The molecule has 1 heterocycles. The van der Waals surface area contributed by atoms with Crippen LogP contribution in [0.25, 0.3) is 0 Å². The van der Waals surface area contributed by atoms with Gasteiger partial charge >= 0.3 is 0 Å². The monoisotopic (exact) mass is 182 g/mol. The average molecular weight is 182 g/mol. The van der Waals surface area contributed by atoms with E-state index in [-0.39, 0.29) is 11.9 Å². The molecule has 0 aliphatic carbocycles. The Kier molecular flexibility index (Phi) is 3.13. The van der Waals surface area contributed by atoms with Crippen LogP contribution in [0.4, 0.5) is 0 Å². The van der Waals surface area contributed by atoms with Gasteiger partial charge in [-0.3, -0.25) is 10.2 Å². The Morgan fingerprint density at radius 1 is 1.62 bits per heavy atom. The first-order chi connectivity index (χ1) is 6.09. The lowest BCUT2D eigenvalue weighted by Gasteiger charge is -2.10. The number of hydrogen-bond donors (Lipinski definition) is 2. The van der Waals surface area contributed by atoms with E-state index < -0.39 is 6.04 Å². The van der Waals surface area contributed by atoms with Crippen molar-refractivity contribution in [1.29, 1.82) is 0 Å². The summed E-state index contributed by atoms with van der Waals surface area (Å²) in [7, 11) is 0. The lowest BCUT2D eigenvalue weighted by atomic mass is 10.2. The van der Waals surface area contributed by atoms with Gasteiger partial charge in [0.15, 0.2) is 6.04 Å². The topological polar surface area (TPSA) is 65.8 Å². The van der Waals surface area contributed by atoms with Crippen LogP contribution in [-0.4, -0.2) is 18.0 Å². The number of amides is 1. The fraction of sp³-hybridized carbons (Fsp3) is 0.625. The molecule has 0 bridgehead atoms. The number of nitrogens with zero attached hydrogens (tertiary/aromatic N) is 2. The van der Waals surface area contributed by atoms with Crippen LogP contribution in [0.1, 0.15) is 20.8 Å². The van der Waals surface area contributed by atoms with Crippen LogP contribution in [0.15, 0.2) is 22.0 Å². The third-order valence-electron chi connectivity index (χ3n) is 1.49. The SMILES string of the molecule is CC1=CC(C(=O)NNC(C)C)N=N1. The maximum absolute atomic E-state index is 11.3. The van der Waals surface area contributed by atoms with Crippen molar-refractivity contribution in [2.75, 3.05) is 0 Å². The Balaban J connectivity index is 2.37. The second-order valence-corrected chi connectivity index (χ2v) is 3.26. The van der Waals surface area contributed by atoms with Crippen molar-refractivity contribution in [1.82, 2.24) is 10.9 Å². The Morgan fingerprint density at radius 3 is 2.77 bits per heavy atom. The summed E-state index contributed by atoms with van der Waals surface area (Å²) in [5.41, 5.74) is 6.15. The fourth-order valence-electron chi connectivity index (χ4n) is 0.866. The molecule has 0 aromatic carbocycles. The molecule has 2 N–H and O–H groups in total. The van der Waals surface area contributed by atoms with Crippen LogP contribution in [0.2, 0.25) is 0 Å². The second-order valence-electron chi connectivity index (χ2n) is 3.26. The maximum Gasteiger partial charge on any atom is 0.264 e. The summed E-state index contributed by atoms with van der Waals surface area (Å²) in [4.78, 5) is 11.3. The van der Waals surface area contributed by atoms with E-state index in [1.54, 1.807) is 6.08 Å². The van der Waals surface area contributed by atoms with E-state index in [4.69, 9.17) is 0 Å². The van der Waals surface area contributed by atoms with Gasteiger partial charge in [-0.2, -0.15) is 10.2 Å². The molecule has 1 aliphatic heterocycles. The molecule has 5 heteroatoms. The summed E-state index contributed by atoms with van der Waals surface area (Å²) in [6, 6.07) is -0.251. The highest BCUT2D eigenvalue weighted by molar-refractivity contribution is 5.83. The second kappa shape index (κ2) is 4.13. The number of carbonyl (C=O) groups is 1. The van der Waals surface area contributed by atoms with Gasteiger partial charge in [0.2, 0.25) is 0 Å². The van der Waals surface area contributed by atoms with Crippen LogP contribution in [-0.2, 0) is 4.79 Å². The first-order valence-corrected chi connectivity index (χ1v) is 4.24. The van der Waals surface area contributed by atoms with Crippen LogP contribution < -0.4 is 10.9 Å². The largest absolute Gasteiger partial charge is 0.289 e. The smallest absolute Gasteiger partial charge is 0.264 e. The summed E-state index contributed by atoms with van der Waals surface area (Å²) < 4.78 is 0. The molecular weight excluding hydrogens is 168 g/mol. The van der Waals surface area contributed by atoms with E-state index in [2.05, 4.69) is 21.1 Å². The highest BCUT2D eigenvalue weighted by Gasteiger charge is 2.18. The molecule has 0 saturated heterocycles. The van der Waals surface area contributed by atoms with Gasteiger partial charge in [0, 0.05) is 6.04 Å². The summed E-state index contributed by atoms with van der Waals surface area (Å²) in [6.07, 6.45) is 1.72. The van der Waals surface area contributed by atoms with Gasteiger partial charge < -0.3 is 0 Å². The van der Waals surface area contributed by atoms with Crippen molar-refractivity contribution in [2.24, 2.45) is 10.2 Å². The number of nitrogens with one attached hydrogen (secondary N) is 2. The Morgan fingerprint density at radius 2 is 2.31 bits per heavy atom. The highest BCUT2D eigenvalue weighted by atomic mass is 16.2. The molecule has 13 heavy (non-hydrogen) atoms. The molecule has 1 atom stereocenters. The van der Waals surface area contributed by atoms with Crippen LogP contribution in [0.5, 0.6) is 0 Å². The van der Waals surface area contributed by atoms with Gasteiger partial charge in [-0.15, -0.1) is 0 Å². The predicted molar refractivity (Wildman–Crippen MR) is 48.8 cm³/mol. The van der Waals surface area contributed by atoms with Gasteiger partial charge in [0.1, 0.15) is 0 Å². The van der Waals surface area contributed by atoms with E-state index in [0.29, 0.717) is 0 Å². The molecule has 0 saturated carbocycles. The van der Waals surface area contributed by atoms with Gasteiger partial charge in [0.25, 0.3) is 5.91 Å². The number of rotatable bonds is 3. The fourth-order valence-corrected chi connectivity index (χ4v) is 0.866. The Labute approximate surface area is 77.3 Å². The van der Waals surface area contributed by atoms with Gasteiger partial charge in [-0.25, -0.2) is 5.43 Å². The molecule has 0 fully saturated rings. The predicted octanol–water partition coefficient (Wildman–Crippen LogP) is 0.754. The van der Waals surface area contributed by atoms with Crippen molar-refractivity contribution in [3.8, 4) is 0 Å². The molecule has 1 aliphatic rings. The van der Waals surface area contributed by atoms with Crippen molar-refractivity contribution >= 4 is 5.91 Å². The summed E-state index contributed by atoms with van der Waals surface area (Å²) in [5.74, 6) is -0.172. The van der Waals surface area contributed by atoms with E-state index in [9.17, 15) is 4.79 Å². The number of hydrazine groups is 1. The summed E-state index contributed by atoms with van der Waals surface area (Å²) >= 11 is 0. The number of carbonyl (C=O) groups excluding carboxylic acids is 1. The molecule has 0 radical (unpaired) electrons. The molecule has 1 rings (SSSR count). The van der Waals surface area contributed by atoms with E-state index in [1.165, 1.54) is 0 Å². The Hall–Kier alpha value is -1.23. The third kappa shape index (κ3) is 2.95. The molecule has 72 valence electrons. The lowest BCUT2D eigenvalue weighted by molar-refractivity contribution is -0.122. The molecule has 1 unspecified atom stereocenters. The van der Waals surface area contributed by atoms with Crippen LogP contribution >= 0.6 is 0 Å². The van der Waals surface area contributed by atoms with Gasteiger partial charge in [-0.05, 0) is 26.8 Å². The first kappa shape index (κ1) is 9.85. The highest BCUT2D eigenvalue weighted by Crippen LogP contribution is 2.10. The van der Waals surface area contributed by atoms with Crippen molar-refractivity contribution in [3.05, 3.63) is 11.8 Å². The third-order valence-corrected chi connectivity index (χ3v) is 1.49. The molecule has 1 amide bonds. The minimum absolute atomic E-state index is 0.172. The molecular formula is C8H14N4O. The molecule has 0 aromatic heterocycles. The standard InChI is InChI=1S/C8H14N4O/c1-5(2)9-12-8(13)7-4-6(3)10-11-7/h4-5,7,9H,1-3H3,(H,12,13). The van der Waals surface area contributed by atoms with E-state index in [0.717, 1.165) is 5.70 Å². The van der Waals surface area contributed by atoms with Gasteiger partial charge in [0.05, 0.1) is 5.70 Å². The zero-order valence-corrected chi connectivity index (χ0v) is 8.03. The summed E-state index contributed by atoms with van der Waals surface area (Å²) in [5, 5.41) is 7.54. The van der Waals surface area contributed by atoms with Crippen LogP contribution in [0.3, 0.4) is 0 Å². The average Bonchev–Trinajstić information content (AvgIpc) is 2.47. The van der Waals surface area contributed by atoms with Crippen LogP contribution in [0, 0.1) is 0 Å². The van der Waals surface area contributed by atoms with E-state index in [1.807, 2.05) is 20.8 Å². The quantitative estimate of drug-likeness (QED) is 0.632. The zero-order chi connectivity index (χ0) is 9.84. The molecule has 0 aromatic rings. The Bertz CT molecular complexity index is 257. The van der Waals surface area contributed by atoms with E-state index >= 15 is 0 Å². The number of azo groups is 1. The lowest BCUT2D eigenvalue weighted by Crippen LogP contribution is -2.45. The minimum Gasteiger partial charge on any atom is -0.289 e. The van der Waals surface area contributed by atoms with Crippen molar-refractivity contribution in [2.45, 2.75) is 32.9 Å². The molecule has 5 nitrogen and oxygen atoms in total. The maximum atomic E-state index is 11.3. The van der Waals surface area contributed by atoms with Gasteiger partial charge in [-0.1, -0.05) is 0 Å². The summed E-state index contributed by atoms with van der Waals surface area (Å²) in [6.45, 7) is 5.70. The minimum atomic E-state index is -0.466. The number of hydrogen-bond acceptors (Lipinski definition) is 4. The zero-order valence-electron chi connectivity index (χ0n) is 8.03. The first-order valence-electron chi connectivity index (χ1n) is 4.24. The molecule has 0 spiro atoms. The van der Waals surface area contributed by atoms with Crippen molar-refractivity contribution in [3.63, 3.8) is 0 Å². The van der Waals surface area contributed by atoms with Crippen molar-refractivity contribution < 1.29 is 4.79 Å². The normalized spacial score (nSPS) is 20.6. The number of allylic oxidation sites excluding steroid dienone is 1.